The summed E-state index contributed by atoms with van der Waals surface area (Å²) in [5, 5.41) is 0. The van der Waals surface area contributed by atoms with Gasteiger partial charge in [0.2, 0.25) is 10.0 Å². The molecule has 0 heterocycles. The molecule has 0 saturated carbocycles. The number of nitrogens with one attached hydrogen (secondary N) is 1. The highest BCUT2D eigenvalue weighted by Gasteiger charge is 2.18. The normalized spacial score (nSPS) is 12.9. The molecule has 2 aromatic carbocycles. The molecule has 0 amide bonds. The minimum atomic E-state index is -3.54. The molecule has 0 fully saturated rings. The topological polar surface area (TPSA) is 55.4 Å². The van der Waals surface area contributed by atoms with Gasteiger partial charge < -0.3 is 4.74 Å². The molecule has 0 aliphatic heterocycles. The maximum atomic E-state index is 12.4. The number of benzene rings is 2. The third-order valence-corrected chi connectivity index (χ3v) is 5.13. The Morgan fingerprint density at radius 2 is 1.65 bits per heavy atom. The Kier molecular flexibility index (Phi) is 5.44. The Morgan fingerprint density at radius 3 is 2.26 bits per heavy atom. The Morgan fingerprint density at radius 1 is 1.04 bits per heavy atom. The van der Waals surface area contributed by atoms with Gasteiger partial charge in [0.15, 0.2) is 0 Å². The highest BCUT2D eigenvalue weighted by Crippen LogP contribution is 2.22. The third kappa shape index (κ3) is 4.56. The zero-order chi connectivity index (χ0) is 17.0. The van der Waals surface area contributed by atoms with Crippen LogP contribution in [-0.2, 0) is 10.0 Å². The van der Waals surface area contributed by atoms with Crippen LogP contribution in [0.2, 0.25) is 0 Å². The van der Waals surface area contributed by atoms with Gasteiger partial charge in [-0.3, -0.25) is 0 Å². The van der Waals surface area contributed by atoms with E-state index in [1.165, 1.54) is 0 Å². The molecule has 1 unspecified atom stereocenters. The first-order valence-electron chi connectivity index (χ1n) is 7.57. The van der Waals surface area contributed by atoms with Crippen LogP contribution in [0, 0.1) is 20.8 Å². The van der Waals surface area contributed by atoms with Crippen molar-refractivity contribution in [2.75, 3.05) is 6.61 Å². The van der Waals surface area contributed by atoms with Crippen LogP contribution in [0.25, 0.3) is 0 Å². The second kappa shape index (κ2) is 7.15. The molecule has 1 atom stereocenters. The van der Waals surface area contributed by atoms with Gasteiger partial charge in [0.1, 0.15) is 12.4 Å². The Hall–Kier alpha value is -1.85. The standard InChI is InChI=1S/C18H23NO3S/c1-13-7-5-10-17(11-13)23(20,21)19-16(4)12-22-18-14(2)8-6-9-15(18)3/h5-11,16,19H,12H2,1-4H3. The van der Waals surface area contributed by atoms with Crippen molar-refractivity contribution in [3.63, 3.8) is 0 Å². The van der Waals surface area contributed by atoms with Gasteiger partial charge in [-0.2, -0.15) is 0 Å². The molecule has 5 heteroatoms. The van der Waals surface area contributed by atoms with Gasteiger partial charge in [-0.25, -0.2) is 13.1 Å². The van der Waals surface area contributed by atoms with E-state index in [1.807, 2.05) is 45.0 Å². The van der Waals surface area contributed by atoms with Gasteiger partial charge in [0.05, 0.1) is 10.9 Å². The Balaban J connectivity index is 2.03. The first-order valence-corrected chi connectivity index (χ1v) is 9.06. The number of hydrogen-bond acceptors (Lipinski definition) is 3. The molecule has 0 radical (unpaired) electrons. The zero-order valence-corrected chi connectivity index (χ0v) is 14.8. The predicted molar refractivity (Wildman–Crippen MR) is 92.4 cm³/mol. The summed E-state index contributed by atoms with van der Waals surface area (Å²) in [5.41, 5.74) is 2.99. The molecule has 0 spiro atoms. The van der Waals surface area contributed by atoms with E-state index in [1.54, 1.807) is 25.1 Å². The fourth-order valence-corrected chi connectivity index (χ4v) is 3.72. The van der Waals surface area contributed by atoms with Crippen LogP contribution in [0.1, 0.15) is 23.6 Å². The van der Waals surface area contributed by atoms with Gasteiger partial charge >= 0.3 is 0 Å². The van der Waals surface area contributed by atoms with E-state index in [9.17, 15) is 8.42 Å². The molecular formula is C18H23NO3S. The van der Waals surface area contributed by atoms with E-state index in [-0.39, 0.29) is 17.5 Å². The highest BCUT2D eigenvalue weighted by atomic mass is 32.2. The Labute approximate surface area is 138 Å². The van der Waals surface area contributed by atoms with Crippen LogP contribution in [0.3, 0.4) is 0 Å². The molecule has 0 saturated heterocycles. The van der Waals surface area contributed by atoms with Gasteiger partial charge in [0.25, 0.3) is 0 Å². The van der Waals surface area contributed by atoms with E-state index in [4.69, 9.17) is 4.74 Å². The Bertz CT molecular complexity index is 764. The van der Waals surface area contributed by atoms with Crippen molar-refractivity contribution in [3.05, 3.63) is 59.2 Å². The summed E-state index contributed by atoms with van der Waals surface area (Å²) in [4.78, 5) is 0.274. The minimum absolute atomic E-state index is 0.274. The molecule has 2 aromatic rings. The quantitative estimate of drug-likeness (QED) is 0.882. The second-order valence-corrected chi connectivity index (χ2v) is 7.58. The van der Waals surface area contributed by atoms with Gasteiger partial charge in [-0.15, -0.1) is 0 Å². The van der Waals surface area contributed by atoms with Gasteiger partial charge in [-0.05, 0) is 56.5 Å². The SMILES string of the molecule is Cc1cccc(S(=O)(=O)NC(C)COc2c(C)cccc2C)c1. The molecule has 0 aliphatic carbocycles. The zero-order valence-electron chi connectivity index (χ0n) is 14.0. The lowest BCUT2D eigenvalue weighted by Crippen LogP contribution is -2.36. The van der Waals surface area contributed by atoms with Gasteiger partial charge in [-0.1, -0.05) is 30.3 Å². The summed E-state index contributed by atoms with van der Waals surface area (Å²) in [5.74, 6) is 0.814. The smallest absolute Gasteiger partial charge is 0.240 e. The van der Waals surface area contributed by atoms with E-state index in [2.05, 4.69) is 4.72 Å². The van der Waals surface area contributed by atoms with Crippen LogP contribution in [0.15, 0.2) is 47.4 Å². The lowest BCUT2D eigenvalue weighted by Gasteiger charge is -2.17. The lowest BCUT2D eigenvalue weighted by molar-refractivity contribution is 0.284. The van der Waals surface area contributed by atoms with Crippen molar-refractivity contribution in [1.29, 1.82) is 0 Å². The van der Waals surface area contributed by atoms with Crippen molar-refractivity contribution >= 4 is 10.0 Å². The number of para-hydroxylation sites is 1. The first kappa shape index (κ1) is 17.5. The van der Waals surface area contributed by atoms with Crippen molar-refractivity contribution in [1.82, 2.24) is 4.72 Å². The number of sulfonamides is 1. The van der Waals surface area contributed by atoms with Crippen molar-refractivity contribution in [2.45, 2.75) is 38.6 Å². The number of hydrogen-bond donors (Lipinski definition) is 1. The molecule has 4 nitrogen and oxygen atoms in total. The van der Waals surface area contributed by atoms with Crippen LogP contribution in [0.4, 0.5) is 0 Å². The van der Waals surface area contributed by atoms with Crippen LogP contribution in [-0.4, -0.2) is 21.1 Å². The summed E-state index contributed by atoms with van der Waals surface area (Å²) < 4.78 is 33.2. The largest absolute Gasteiger partial charge is 0.491 e. The maximum Gasteiger partial charge on any atom is 0.240 e. The van der Waals surface area contributed by atoms with E-state index in [0.717, 1.165) is 22.4 Å². The summed E-state index contributed by atoms with van der Waals surface area (Å²) >= 11 is 0. The first-order chi connectivity index (χ1) is 10.8. The maximum absolute atomic E-state index is 12.4. The van der Waals surface area contributed by atoms with Crippen molar-refractivity contribution < 1.29 is 13.2 Å². The minimum Gasteiger partial charge on any atom is -0.491 e. The molecule has 2 rings (SSSR count). The molecule has 0 bridgehead atoms. The summed E-state index contributed by atoms with van der Waals surface area (Å²) in [6, 6.07) is 12.4. The molecule has 23 heavy (non-hydrogen) atoms. The molecular weight excluding hydrogens is 310 g/mol. The second-order valence-electron chi connectivity index (χ2n) is 5.87. The van der Waals surface area contributed by atoms with E-state index < -0.39 is 10.0 Å². The average molecular weight is 333 g/mol. The van der Waals surface area contributed by atoms with Crippen LogP contribution >= 0.6 is 0 Å². The summed E-state index contributed by atoms with van der Waals surface area (Å²) in [7, 11) is -3.54. The summed E-state index contributed by atoms with van der Waals surface area (Å²) in [6.45, 7) is 7.89. The van der Waals surface area contributed by atoms with Gasteiger partial charge in [0, 0.05) is 0 Å². The third-order valence-electron chi connectivity index (χ3n) is 3.54. The molecule has 1 N–H and O–H groups in total. The fraction of sp³-hybridized carbons (Fsp3) is 0.333. The van der Waals surface area contributed by atoms with E-state index in [0.29, 0.717) is 0 Å². The van der Waals surface area contributed by atoms with Crippen LogP contribution in [0.5, 0.6) is 5.75 Å². The average Bonchev–Trinajstić information content (AvgIpc) is 2.46. The lowest BCUT2D eigenvalue weighted by atomic mass is 10.1. The van der Waals surface area contributed by atoms with Crippen molar-refractivity contribution in [2.24, 2.45) is 0 Å². The highest BCUT2D eigenvalue weighted by molar-refractivity contribution is 7.89. The summed E-state index contributed by atoms with van der Waals surface area (Å²) in [6.07, 6.45) is 0. The monoisotopic (exact) mass is 333 g/mol. The molecule has 0 aliphatic rings. The molecule has 0 aromatic heterocycles. The molecule has 124 valence electrons. The van der Waals surface area contributed by atoms with Crippen LogP contribution < -0.4 is 9.46 Å². The number of rotatable bonds is 6. The van der Waals surface area contributed by atoms with Crippen molar-refractivity contribution in [3.8, 4) is 5.75 Å². The predicted octanol–water partition coefficient (Wildman–Crippen LogP) is 3.36. The number of ether oxygens (including phenoxy) is 1. The van der Waals surface area contributed by atoms with E-state index >= 15 is 0 Å². The fourth-order valence-electron chi connectivity index (χ4n) is 2.38. The number of aryl methyl sites for hydroxylation is 3.